The van der Waals surface area contributed by atoms with E-state index >= 15 is 0 Å². The smallest absolute Gasteiger partial charge is 0.323 e. The van der Waals surface area contributed by atoms with Gasteiger partial charge in [-0.2, -0.15) is 0 Å². The molecular weight excluding hydrogens is 408 g/mol. The van der Waals surface area contributed by atoms with Gasteiger partial charge in [0.15, 0.2) is 0 Å². The zero-order chi connectivity index (χ0) is 22.5. The molecule has 0 fully saturated rings. The number of nitrogens with one attached hydrogen (secondary N) is 2. The third kappa shape index (κ3) is 4.86. The van der Waals surface area contributed by atoms with Crippen molar-refractivity contribution in [1.29, 1.82) is 0 Å². The third-order valence-electron chi connectivity index (χ3n) is 4.73. The fourth-order valence-corrected chi connectivity index (χ4v) is 3.15. The van der Waals surface area contributed by atoms with E-state index in [9.17, 15) is 9.59 Å². The maximum Gasteiger partial charge on any atom is 0.323 e. The standard InChI is InChI=1S/C24H22N4O4/c1-16-11-12-28-22(13-16)25-18(14-23(28)29)15-32-19-9-7-17(8-10-19)26-24(30)27-20-5-3-4-6-21(20)31-2/h3-14H,15H2,1-2H3,(H2,26,27,30). The lowest BCUT2D eigenvalue weighted by molar-refractivity contribution is 0.262. The number of amides is 2. The first-order valence-corrected chi connectivity index (χ1v) is 9.95. The Bertz CT molecular complexity index is 1320. The van der Waals surface area contributed by atoms with Gasteiger partial charge in [0.25, 0.3) is 5.56 Å². The Labute approximate surface area is 184 Å². The minimum absolute atomic E-state index is 0.154. The third-order valence-corrected chi connectivity index (χ3v) is 4.73. The number of urea groups is 1. The second-order valence-electron chi connectivity index (χ2n) is 7.11. The number of anilines is 2. The minimum Gasteiger partial charge on any atom is -0.495 e. The van der Waals surface area contributed by atoms with Crippen LogP contribution in [0.4, 0.5) is 16.2 Å². The van der Waals surface area contributed by atoms with E-state index in [-0.39, 0.29) is 18.2 Å². The van der Waals surface area contributed by atoms with Crippen LogP contribution in [0.25, 0.3) is 5.65 Å². The largest absolute Gasteiger partial charge is 0.495 e. The van der Waals surface area contributed by atoms with Gasteiger partial charge in [-0.25, -0.2) is 9.78 Å². The molecule has 0 spiro atoms. The number of hydrogen-bond acceptors (Lipinski definition) is 5. The van der Waals surface area contributed by atoms with E-state index in [0.29, 0.717) is 34.2 Å². The first-order chi connectivity index (χ1) is 15.5. The molecule has 2 aromatic heterocycles. The molecule has 0 aliphatic heterocycles. The summed E-state index contributed by atoms with van der Waals surface area (Å²) in [5.74, 6) is 1.16. The molecule has 2 aromatic carbocycles. The van der Waals surface area contributed by atoms with Gasteiger partial charge in [0, 0.05) is 18.0 Å². The molecule has 0 bridgehead atoms. The number of fused-ring (bicyclic) bond motifs is 1. The predicted octanol–water partition coefficient (Wildman–Crippen LogP) is 4.23. The Kier molecular flexibility index (Phi) is 6.03. The summed E-state index contributed by atoms with van der Waals surface area (Å²) in [5, 5.41) is 5.51. The Balaban J connectivity index is 1.37. The van der Waals surface area contributed by atoms with Crippen LogP contribution in [-0.2, 0) is 6.61 Å². The number of aromatic nitrogens is 2. The summed E-state index contributed by atoms with van der Waals surface area (Å²) in [4.78, 5) is 29.0. The quantitative estimate of drug-likeness (QED) is 0.477. The van der Waals surface area contributed by atoms with E-state index in [1.165, 1.54) is 10.5 Å². The molecule has 4 aromatic rings. The van der Waals surface area contributed by atoms with Crippen molar-refractivity contribution in [2.45, 2.75) is 13.5 Å². The number of aryl methyl sites for hydroxylation is 1. The molecule has 0 saturated carbocycles. The highest BCUT2D eigenvalue weighted by atomic mass is 16.5. The molecule has 0 atom stereocenters. The molecule has 8 heteroatoms. The predicted molar refractivity (Wildman–Crippen MR) is 123 cm³/mol. The van der Waals surface area contributed by atoms with Crippen molar-refractivity contribution in [3.8, 4) is 11.5 Å². The molecule has 2 N–H and O–H groups in total. The number of methoxy groups -OCH3 is 1. The number of pyridine rings is 1. The number of nitrogens with zero attached hydrogens (tertiary/aromatic N) is 2. The summed E-state index contributed by atoms with van der Waals surface area (Å²) in [5.41, 5.74) is 3.15. The molecule has 2 amide bonds. The average molecular weight is 430 g/mol. The van der Waals surface area contributed by atoms with Gasteiger partial charge < -0.3 is 20.1 Å². The fourth-order valence-electron chi connectivity index (χ4n) is 3.15. The van der Waals surface area contributed by atoms with Gasteiger partial charge in [0.2, 0.25) is 0 Å². The van der Waals surface area contributed by atoms with Crippen LogP contribution in [0, 0.1) is 6.92 Å². The molecule has 0 radical (unpaired) electrons. The molecule has 0 aliphatic carbocycles. The molecule has 0 aliphatic rings. The van der Waals surface area contributed by atoms with Gasteiger partial charge in [-0.05, 0) is 61.0 Å². The first-order valence-electron chi connectivity index (χ1n) is 9.95. The summed E-state index contributed by atoms with van der Waals surface area (Å²) in [7, 11) is 1.54. The maximum absolute atomic E-state index is 12.3. The monoisotopic (exact) mass is 430 g/mol. The summed E-state index contributed by atoms with van der Waals surface area (Å²) in [6.07, 6.45) is 1.71. The van der Waals surface area contributed by atoms with Gasteiger partial charge in [0.05, 0.1) is 18.5 Å². The molecule has 2 heterocycles. The lowest BCUT2D eigenvalue weighted by Gasteiger charge is -2.11. The average Bonchev–Trinajstić information content (AvgIpc) is 2.78. The molecule has 0 unspecified atom stereocenters. The molecule has 32 heavy (non-hydrogen) atoms. The van der Waals surface area contributed by atoms with Crippen molar-refractivity contribution >= 4 is 23.1 Å². The van der Waals surface area contributed by atoms with E-state index in [2.05, 4.69) is 15.6 Å². The van der Waals surface area contributed by atoms with Crippen LogP contribution in [0.3, 0.4) is 0 Å². The Morgan fingerprint density at radius 3 is 2.59 bits per heavy atom. The van der Waals surface area contributed by atoms with E-state index in [1.807, 2.05) is 31.2 Å². The summed E-state index contributed by atoms with van der Waals surface area (Å²) in [6, 6.07) is 18.8. The van der Waals surface area contributed by atoms with Gasteiger partial charge in [-0.1, -0.05) is 12.1 Å². The lowest BCUT2D eigenvalue weighted by Crippen LogP contribution is -2.19. The van der Waals surface area contributed by atoms with E-state index in [4.69, 9.17) is 9.47 Å². The van der Waals surface area contributed by atoms with Crippen molar-refractivity contribution in [1.82, 2.24) is 9.38 Å². The second-order valence-corrected chi connectivity index (χ2v) is 7.11. The number of benzene rings is 2. The van der Waals surface area contributed by atoms with E-state index in [0.717, 1.165) is 5.56 Å². The number of carbonyl (C=O) groups is 1. The second kappa shape index (κ2) is 9.22. The number of rotatable bonds is 6. The Morgan fingerprint density at radius 2 is 1.81 bits per heavy atom. The van der Waals surface area contributed by atoms with Gasteiger partial charge in [-0.3, -0.25) is 9.20 Å². The fraction of sp³-hybridized carbons (Fsp3) is 0.125. The topological polar surface area (TPSA) is 94.0 Å². The van der Waals surface area contributed by atoms with Gasteiger partial charge in [-0.15, -0.1) is 0 Å². The van der Waals surface area contributed by atoms with Crippen LogP contribution in [0.2, 0.25) is 0 Å². The van der Waals surface area contributed by atoms with Gasteiger partial charge >= 0.3 is 6.03 Å². The summed E-state index contributed by atoms with van der Waals surface area (Å²) in [6.45, 7) is 2.10. The normalized spacial score (nSPS) is 10.6. The van der Waals surface area contributed by atoms with Crippen LogP contribution in [-0.4, -0.2) is 22.5 Å². The van der Waals surface area contributed by atoms with E-state index < -0.39 is 0 Å². The maximum atomic E-state index is 12.3. The minimum atomic E-state index is -0.390. The SMILES string of the molecule is COc1ccccc1NC(=O)Nc1ccc(OCc2cc(=O)n3ccc(C)cc3n2)cc1. The highest BCUT2D eigenvalue weighted by Gasteiger charge is 2.08. The van der Waals surface area contributed by atoms with Crippen molar-refractivity contribution in [2.75, 3.05) is 17.7 Å². The first kappa shape index (κ1) is 20.9. The summed E-state index contributed by atoms with van der Waals surface area (Å²) >= 11 is 0. The highest BCUT2D eigenvalue weighted by Crippen LogP contribution is 2.23. The van der Waals surface area contributed by atoms with E-state index in [1.54, 1.807) is 49.7 Å². The molecule has 4 rings (SSSR count). The van der Waals surface area contributed by atoms with Crippen molar-refractivity contribution in [3.63, 3.8) is 0 Å². The number of ether oxygens (including phenoxy) is 2. The van der Waals surface area contributed by atoms with Crippen molar-refractivity contribution < 1.29 is 14.3 Å². The van der Waals surface area contributed by atoms with Crippen LogP contribution >= 0.6 is 0 Å². The molecule has 8 nitrogen and oxygen atoms in total. The Hall–Kier alpha value is -4.33. The van der Waals surface area contributed by atoms with Crippen molar-refractivity contribution in [3.05, 3.63) is 94.5 Å². The van der Waals surface area contributed by atoms with Crippen molar-refractivity contribution in [2.24, 2.45) is 0 Å². The number of para-hydroxylation sites is 2. The molecular formula is C24H22N4O4. The number of hydrogen-bond donors (Lipinski definition) is 2. The Morgan fingerprint density at radius 1 is 1.03 bits per heavy atom. The zero-order valence-electron chi connectivity index (χ0n) is 17.7. The summed E-state index contributed by atoms with van der Waals surface area (Å²) < 4.78 is 12.5. The van der Waals surface area contributed by atoms with Crippen LogP contribution in [0.1, 0.15) is 11.3 Å². The van der Waals surface area contributed by atoms with Crippen LogP contribution < -0.4 is 25.7 Å². The highest BCUT2D eigenvalue weighted by molar-refractivity contribution is 6.00. The lowest BCUT2D eigenvalue weighted by atomic mass is 10.3. The number of carbonyl (C=O) groups excluding carboxylic acids is 1. The van der Waals surface area contributed by atoms with Crippen LogP contribution in [0.5, 0.6) is 11.5 Å². The van der Waals surface area contributed by atoms with Crippen LogP contribution in [0.15, 0.2) is 77.7 Å². The zero-order valence-corrected chi connectivity index (χ0v) is 17.7. The molecule has 162 valence electrons. The van der Waals surface area contributed by atoms with Gasteiger partial charge in [0.1, 0.15) is 23.8 Å². The molecule has 0 saturated heterocycles.